The van der Waals surface area contributed by atoms with Crippen molar-refractivity contribution in [2.24, 2.45) is 11.7 Å². The molecule has 16 heavy (non-hydrogen) atoms. The minimum atomic E-state index is -0.196. The Morgan fingerprint density at radius 2 is 2.25 bits per heavy atom. The predicted molar refractivity (Wildman–Crippen MR) is 62.1 cm³/mol. The number of rotatable bonds is 5. The van der Waals surface area contributed by atoms with Crippen molar-refractivity contribution >= 4 is 0 Å². The highest BCUT2D eigenvalue weighted by atomic mass is 19.1. The topological polar surface area (TPSA) is 35.2 Å². The van der Waals surface area contributed by atoms with Gasteiger partial charge >= 0.3 is 0 Å². The van der Waals surface area contributed by atoms with E-state index in [-0.39, 0.29) is 5.82 Å². The van der Waals surface area contributed by atoms with Gasteiger partial charge in [-0.3, -0.25) is 0 Å². The van der Waals surface area contributed by atoms with Crippen molar-refractivity contribution in [3.63, 3.8) is 0 Å². The molecule has 0 saturated heterocycles. The van der Waals surface area contributed by atoms with Crippen LogP contribution in [-0.4, -0.2) is 13.7 Å². The summed E-state index contributed by atoms with van der Waals surface area (Å²) in [6, 6.07) is 4.74. The standard InChI is InChI=1S/C13H18FNO/c1-16-13-5-4-10(14)8-12(13)11(6-7-15)9-2-3-9/h4-5,8-9,11H,2-3,6-7,15H2,1H3. The van der Waals surface area contributed by atoms with Gasteiger partial charge in [0.25, 0.3) is 0 Å². The van der Waals surface area contributed by atoms with Crippen LogP contribution >= 0.6 is 0 Å². The SMILES string of the molecule is COc1ccc(F)cc1C(CCN)C1CC1. The maximum absolute atomic E-state index is 13.3. The molecule has 0 aromatic heterocycles. The van der Waals surface area contributed by atoms with Crippen molar-refractivity contribution in [2.75, 3.05) is 13.7 Å². The first-order valence-electron chi connectivity index (χ1n) is 5.79. The van der Waals surface area contributed by atoms with Gasteiger partial charge in [-0.15, -0.1) is 0 Å². The summed E-state index contributed by atoms with van der Waals surface area (Å²) in [6.45, 7) is 0.640. The van der Waals surface area contributed by atoms with Crippen LogP contribution in [0, 0.1) is 11.7 Å². The number of nitrogens with two attached hydrogens (primary N) is 1. The molecule has 2 rings (SSSR count). The fraction of sp³-hybridized carbons (Fsp3) is 0.538. The number of ether oxygens (including phenoxy) is 1. The molecule has 2 nitrogen and oxygen atoms in total. The summed E-state index contributed by atoms with van der Waals surface area (Å²) in [7, 11) is 1.63. The largest absolute Gasteiger partial charge is 0.496 e. The summed E-state index contributed by atoms with van der Waals surface area (Å²) >= 11 is 0. The van der Waals surface area contributed by atoms with Gasteiger partial charge < -0.3 is 10.5 Å². The molecule has 1 aliphatic carbocycles. The highest BCUT2D eigenvalue weighted by Crippen LogP contribution is 2.46. The van der Waals surface area contributed by atoms with Crippen molar-refractivity contribution in [3.05, 3.63) is 29.6 Å². The van der Waals surface area contributed by atoms with E-state index in [0.717, 1.165) is 17.7 Å². The number of methoxy groups -OCH3 is 1. The molecule has 1 aromatic rings. The summed E-state index contributed by atoms with van der Waals surface area (Å²) in [5.41, 5.74) is 6.61. The molecule has 1 fully saturated rings. The zero-order chi connectivity index (χ0) is 11.5. The second-order valence-corrected chi connectivity index (χ2v) is 4.41. The molecule has 0 amide bonds. The minimum absolute atomic E-state index is 0.196. The van der Waals surface area contributed by atoms with Crippen LogP contribution < -0.4 is 10.5 Å². The van der Waals surface area contributed by atoms with E-state index >= 15 is 0 Å². The van der Waals surface area contributed by atoms with Crippen LogP contribution in [-0.2, 0) is 0 Å². The Balaban J connectivity index is 2.30. The first kappa shape index (κ1) is 11.4. The zero-order valence-electron chi connectivity index (χ0n) is 9.58. The van der Waals surface area contributed by atoms with E-state index in [9.17, 15) is 4.39 Å². The molecule has 1 saturated carbocycles. The van der Waals surface area contributed by atoms with E-state index in [0.29, 0.717) is 18.4 Å². The molecular weight excluding hydrogens is 205 g/mol. The Labute approximate surface area is 95.6 Å². The van der Waals surface area contributed by atoms with Gasteiger partial charge in [-0.25, -0.2) is 4.39 Å². The molecule has 0 heterocycles. The van der Waals surface area contributed by atoms with Crippen LogP contribution in [0.15, 0.2) is 18.2 Å². The van der Waals surface area contributed by atoms with E-state index < -0.39 is 0 Å². The molecule has 88 valence electrons. The molecule has 1 aliphatic rings. The fourth-order valence-corrected chi connectivity index (χ4v) is 2.32. The van der Waals surface area contributed by atoms with Crippen molar-refractivity contribution in [3.8, 4) is 5.75 Å². The lowest BCUT2D eigenvalue weighted by Gasteiger charge is -2.18. The molecule has 2 N–H and O–H groups in total. The van der Waals surface area contributed by atoms with Crippen LogP contribution in [0.3, 0.4) is 0 Å². The average molecular weight is 223 g/mol. The summed E-state index contributed by atoms with van der Waals surface area (Å²) in [5, 5.41) is 0. The number of hydrogen-bond acceptors (Lipinski definition) is 2. The quantitative estimate of drug-likeness (QED) is 0.833. The molecule has 1 aromatic carbocycles. The highest BCUT2D eigenvalue weighted by Gasteiger charge is 2.33. The van der Waals surface area contributed by atoms with E-state index in [4.69, 9.17) is 10.5 Å². The van der Waals surface area contributed by atoms with Crippen LogP contribution in [0.1, 0.15) is 30.7 Å². The van der Waals surface area contributed by atoms with Crippen molar-refractivity contribution in [1.29, 1.82) is 0 Å². The van der Waals surface area contributed by atoms with E-state index in [2.05, 4.69) is 0 Å². The molecule has 1 atom stereocenters. The Morgan fingerprint density at radius 3 is 2.81 bits per heavy atom. The number of benzene rings is 1. The Kier molecular flexibility index (Phi) is 3.44. The molecule has 0 spiro atoms. The monoisotopic (exact) mass is 223 g/mol. The lowest BCUT2D eigenvalue weighted by molar-refractivity contribution is 0.398. The third-order valence-electron chi connectivity index (χ3n) is 3.26. The fourth-order valence-electron chi connectivity index (χ4n) is 2.32. The Hall–Kier alpha value is -1.09. The summed E-state index contributed by atoms with van der Waals surface area (Å²) < 4.78 is 18.6. The van der Waals surface area contributed by atoms with Gasteiger partial charge in [0, 0.05) is 5.56 Å². The van der Waals surface area contributed by atoms with Gasteiger partial charge in [-0.05, 0) is 55.8 Å². The molecule has 1 unspecified atom stereocenters. The van der Waals surface area contributed by atoms with Crippen LogP contribution in [0.4, 0.5) is 4.39 Å². The van der Waals surface area contributed by atoms with Gasteiger partial charge in [0.05, 0.1) is 7.11 Å². The highest BCUT2D eigenvalue weighted by molar-refractivity contribution is 5.37. The van der Waals surface area contributed by atoms with Crippen molar-refractivity contribution in [2.45, 2.75) is 25.2 Å². The Bertz CT molecular complexity index is 363. The maximum atomic E-state index is 13.3. The first-order chi connectivity index (χ1) is 7.76. The lowest BCUT2D eigenvalue weighted by atomic mass is 9.90. The Morgan fingerprint density at radius 1 is 1.50 bits per heavy atom. The summed E-state index contributed by atoms with van der Waals surface area (Å²) in [4.78, 5) is 0. The lowest BCUT2D eigenvalue weighted by Crippen LogP contribution is -2.10. The zero-order valence-corrected chi connectivity index (χ0v) is 9.58. The maximum Gasteiger partial charge on any atom is 0.123 e. The van der Waals surface area contributed by atoms with Crippen molar-refractivity contribution in [1.82, 2.24) is 0 Å². The van der Waals surface area contributed by atoms with Gasteiger partial charge in [-0.2, -0.15) is 0 Å². The minimum Gasteiger partial charge on any atom is -0.496 e. The molecule has 0 radical (unpaired) electrons. The molecule has 0 bridgehead atoms. The summed E-state index contributed by atoms with van der Waals surface area (Å²) in [6.07, 6.45) is 3.36. The first-order valence-corrected chi connectivity index (χ1v) is 5.79. The van der Waals surface area contributed by atoms with Crippen LogP contribution in [0.5, 0.6) is 5.75 Å². The number of hydrogen-bond donors (Lipinski definition) is 1. The van der Waals surface area contributed by atoms with Gasteiger partial charge in [0.15, 0.2) is 0 Å². The molecular formula is C13H18FNO. The van der Waals surface area contributed by atoms with Gasteiger partial charge in [-0.1, -0.05) is 0 Å². The van der Waals surface area contributed by atoms with E-state index in [1.165, 1.54) is 18.9 Å². The van der Waals surface area contributed by atoms with E-state index in [1.54, 1.807) is 19.2 Å². The third-order valence-corrected chi connectivity index (χ3v) is 3.26. The predicted octanol–water partition coefficient (Wildman–Crippen LogP) is 2.68. The van der Waals surface area contributed by atoms with Gasteiger partial charge in [0.1, 0.15) is 11.6 Å². The number of halogens is 1. The molecule has 0 aliphatic heterocycles. The second-order valence-electron chi connectivity index (χ2n) is 4.41. The van der Waals surface area contributed by atoms with Crippen molar-refractivity contribution < 1.29 is 9.13 Å². The third kappa shape index (κ3) is 2.35. The van der Waals surface area contributed by atoms with Crippen LogP contribution in [0.2, 0.25) is 0 Å². The van der Waals surface area contributed by atoms with Gasteiger partial charge in [0.2, 0.25) is 0 Å². The summed E-state index contributed by atoms with van der Waals surface area (Å²) in [5.74, 6) is 1.61. The normalized spacial score (nSPS) is 17.2. The second kappa shape index (κ2) is 4.83. The smallest absolute Gasteiger partial charge is 0.123 e. The van der Waals surface area contributed by atoms with E-state index in [1.807, 2.05) is 0 Å². The molecule has 3 heteroatoms. The average Bonchev–Trinajstić information content (AvgIpc) is 3.10. The van der Waals surface area contributed by atoms with Crippen LogP contribution in [0.25, 0.3) is 0 Å².